The molecule has 0 aromatic carbocycles. The number of likely N-dealkylation sites (tertiary alicyclic amines) is 1. The van der Waals surface area contributed by atoms with E-state index in [1.54, 1.807) is 23.3 Å². The molecule has 8 nitrogen and oxygen atoms in total. The lowest BCUT2D eigenvalue weighted by Gasteiger charge is -2.29. The predicted molar refractivity (Wildman–Crippen MR) is 107 cm³/mol. The number of fused-ring (bicyclic) bond motifs is 1. The summed E-state index contributed by atoms with van der Waals surface area (Å²) in [5, 5.41) is 14.0. The van der Waals surface area contributed by atoms with Crippen LogP contribution in [0, 0.1) is 5.92 Å². The predicted octanol–water partition coefficient (Wildman–Crippen LogP) is 1.94. The van der Waals surface area contributed by atoms with Crippen LogP contribution in [0.25, 0.3) is 22.0 Å². The first-order chi connectivity index (χ1) is 14.0. The Morgan fingerprint density at radius 2 is 1.90 bits per heavy atom. The van der Waals surface area contributed by atoms with Gasteiger partial charge in [-0.2, -0.15) is 5.10 Å². The van der Waals surface area contributed by atoms with Crippen LogP contribution in [0.15, 0.2) is 36.9 Å². The van der Waals surface area contributed by atoms with E-state index in [1.165, 1.54) is 0 Å². The average Bonchev–Trinajstić information content (AvgIpc) is 3.14. The molecule has 1 aliphatic heterocycles. The number of aromatic nitrogens is 4. The van der Waals surface area contributed by atoms with Gasteiger partial charge in [-0.1, -0.05) is 0 Å². The fraction of sp³-hybridized carbons (Fsp3) is 0.381. The van der Waals surface area contributed by atoms with Crippen molar-refractivity contribution in [1.29, 1.82) is 0 Å². The topological polar surface area (TPSA) is 101 Å². The Morgan fingerprint density at radius 1 is 1.10 bits per heavy atom. The molecule has 4 rings (SSSR count). The zero-order chi connectivity index (χ0) is 20.4. The second-order valence-corrected chi connectivity index (χ2v) is 7.58. The van der Waals surface area contributed by atoms with Crippen LogP contribution in [0.1, 0.15) is 18.5 Å². The first-order valence-electron chi connectivity index (χ1n) is 9.68. The van der Waals surface area contributed by atoms with E-state index in [0.717, 1.165) is 27.7 Å². The SMILES string of the molecule is Cn1cc(-c2cnc3cnc(CC(=O)C4CCN(CC(=O)O)CC4)cc3c2)cn1. The van der Waals surface area contributed by atoms with E-state index in [1.807, 2.05) is 30.3 Å². The maximum Gasteiger partial charge on any atom is 0.317 e. The number of hydrogen-bond donors (Lipinski definition) is 1. The maximum atomic E-state index is 12.7. The molecular weight excluding hydrogens is 370 g/mol. The molecule has 150 valence electrons. The van der Waals surface area contributed by atoms with Crippen LogP contribution in [0.4, 0.5) is 0 Å². The number of carbonyl (C=O) groups excluding carboxylic acids is 1. The first kappa shape index (κ1) is 19.2. The molecule has 0 saturated carbocycles. The third-order valence-corrected chi connectivity index (χ3v) is 5.42. The lowest BCUT2D eigenvalue weighted by Crippen LogP contribution is -2.39. The largest absolute Gasteiger partial charge is 0.480 e. The quantitative estimate of drug-likeness (QED) is 0.683. The van der Waals surface area contributed by atoms with Crippen molar-refractivity contribution in [3.63, 3.8) is 0 Å². The van der Waals surface area contributed by atoms with Gasteiger partial charge >= 0.3 is 5.97 Å². The smallest absolute Gasteiger partial charge is 0.317 e. The number of aryl methyl sites for hydroxylation is 1. The summed E-state index contributed by atoms with van der Waals surface area (Å²) in [4.78, 5) is 34.3. The van der Waals surface area contributed by atoms with Crippen LogP contribution in [-0.2, 0) is 23.1 Å². The summed E-state index contributed by atoms with van der Waals surface area (Å²) in [5.41, 5.74) is 3.49. The zero-order valence-corrected chi connectivity index (χ0v) is 16.3. The highest BCUT2D eigenvalue weighted by Crippen LogP contribution is 2.24. The number of ketones is 1. The van der Waals surface area contributed by atoms with Gasteiger partial charge in [0, 0.05) is 54.0 Å². The van der Waals surface area contributed by atoms with Gasteiger partial charge in [0.05, 0.1) is 24.5 Å². The number of piperidine rings is 1. The van der Waals surface area contributed by atoms with Crippen molar-refractivity contribution in [3.05, 3.63) is 42.6 Å². The number of carboxylic acid groups (broad SMARTS) is 1. The summed E-state index contributed by atoms with van der Waals surface area (Å²) in [6.45, 7) is 1.33. The minimum absolute atomic E-state index is 0.0302. The summed E-state index contributed by atoms with van der Waals surface area (Å²) in [6.07, 6.45) is 8.93. The van der Waals surface area contributed by atoms with E-state index in [0.29, 0.717) is 25.9 Å². The fourth-order valence-electron chi connectivity index (χ4n) is 3.83. The van der Waals surface area contributed by atoms with Gasteiger partial charge in [-0.3, -0.25) is 29.1 Å². The summed E-state index contributed by atoms with van der Waals surface area (Å²) in [5.74, 6) is -0.685. The molecule has 1 saturated heterocycles. The fourth-order valence-corrected chi connectivity index (χ4v) is 3.83. The third kappa shape index (κ3) is 4.48. The van der Waals surface area contributed by atoms with E-state index in [9.17, 15) is 9.59 Å². The minimum atomic E-state index is -0.825. The van der Waals surface area contributed by atoms with Crippen molar-refractivity contribution >= 4 is 22.7 Å². The zero-order valence-electron chi connectivity index (χ0n) is 16.3. The Labute approximate surface area is 168 Å². The molecule has 0 atom stereocenters. The first-order valence-corrected chi connectivity index (χ1v) is 9.68. The van der Waals surface area contributed by atoms with Crippen LogP contribution in [-0.4, -0.2) is 61.1 Å². The van der Waals surface area contributed by atoms with Crippen LogP contribution >= 0.6 is 0 Å². The van der Waals surface area contributed by atoms with Gasteiger partial charge in [-0.25, -0.2) is 0 Å². The molecule has 0 unspecified atom stereocenters. The Bertz CT molecular complexity index is 1050. The molecule has 1 N–H and O–H groups in total. The molecule has 0 amide bonds. The van der Waals surface area contributed by atoms with Crippen molar-refractivity contribution in [2.45, 2.75) is 19.3 Å². The standard InChI is InChI=1S/C21H23N5O3/c1-25-12-17(10-24-25)16-6-15-7-18(22-11-19(15)23-9-16)8-20(27)14-2-4-26(5-3-14)13-21(28)29/h6-7,9-12,14H,2-5,8,13H2,1H3,(H,28,29). The lowest BCUT2D eigenvalue weighted by atomic mass is 9.90. The lowest BCUT2D eigenvalue weighted by molar-refractivity contribution is -0.138. The van der Waals surface area contributed by atoms with Crippen LogP contribution in [0.2, 0.25) is 0 Å². The number of aliphatic carboxylic acids is 1. The number of carboxylic acids is 1. The number of nitrogens with zero attached hydrogens (tertiary/aromatic N) is 5. The Hall–Kier alpha value is -3.13. The molecule has 0 bridgehead atoms. The molecule has 0 radical (unpaired) electrons. The second-order valence-electron chi connectivity index (χ2n) is 7.58. The molecule has 3 aromatic heterocycles. The van der Waals surface area contributed by atoms with Gasteiger partial charge < -0.3 is 5.11 Å². The van der Waals surface area contributed by atoms with Crippen molar-refractivity contribution in [1.82, 2.24) is 24.6 Å². The number of Topliss-reactive ketones (excluding diaryl/α,β-unsaturated/α-hetero) is 1. The van der Waals surface area contributed by atoms with Gasteiger partial charge in [0.1, 0.15) is 5.78 Å². The molecule has 0 aliphatic carbocycles. The summed E-state index contributed by atoms with van der Waals surface area (Å²) in [7, 11) is 1.87. The minimum Gasteiger partial charge on any atom is -0.480 e. The summed E-state index contributed by atoms with van der Waals surface area (Å²) < 4.78 is 1.75. The number of rotatable bonds is 6. The highest BCUT2D eigenvalue weighted by atomic mass is 16.4. The van der Waals surface area contributed by atoms with Gasteiger partial charge in [-0.05, 0) is 38.1 Å². The Balaban J connectivity index is 1.45. The van der Waals surface area contributed by atoms with E-state index in [-0.39, 0.29) is 24.7 Å². The van der Waals surface area contributed by atoms with Crippen molar-refractivity contribution < 1.29 is 14.7 Å². The molecule has 29 heavy (non-hydrogen) atoms. The third-order valence-electron chi connectivity index (χ3n) is 5.42. The van der Waals surface area contributed by atoms with Crippen molar-refractivity contribution in [3.8, 4) is 11.1 Å². The van der Waals surface area contributed by atoms with Crippen LogP contribution in [0.5, 0.6) is 0 Å². The van der Waals surface area contributed by atoms with E-state index >= 15 is 0 Å². The number of pyridine rings is 2. The van der Waals surface area contributed by atoms with E-state index in [2.05, 4.69) is 15.1 Å². The normalized spacial score (nSPS) is 15.6. The molecule has 1 aliphatic rings. The monoisotopic (exact) mass is 393 g/mol. The average molecular weight is 393 g/mol. The van der Waals surface area contributed by atoms with Gasteiger partial charge in [-0.15, -0.1) is 0 Å². The highest BCUT2D eigenvalue weighted by molar-refractivity contribution is 5.86. The molecule has 3 aromatic rings. The Kier molecular flexibility index (Phi) is 5.35. The summed E-state index contributed by atoms with van der Waals surface area (Å²) in [6, 6.07) is 3.97. The van der Waals surface area contributed by atoms with Gasteiger partial charge in [0.2, 0.25) is 0 Å². The molecule has 0 spiro atoms. The van der Waals surface area contributed by atoms with Crippen LogP contribution < -0.4 is 0 Å². The number of carbonyl (C=O) groups is 2. The van der Waals surface area contributed by atoms with E-state index in [4.69, 9.17) is 5.11 Å². The highest BCUT2D eigenvalue weighted by Gasteiger charge is 2.26. The van der Waals surface area contributed by atoms with Gasteiger partial charge in [0.25, 0.3) is 0 Å². The molecule has 8 heteroatoms. The maximum absolute atomic E-state index is 12.7. The molecule has 4 heterocycles. The van der Waals surface area contributed by atoms with Gasteiger partial charge in [0.15, 0.2) is 0 Å². The number of hydrogen-bond acceptors (Lipinski definition) is 6. The Morgan fingerprint density at radius 3 is 2.59 bits per heavy atom. The van der Waals surface area contributed by atoms with E-state index < -0.39 is 5.97 Å². The molecular formula is C21H23N5O3. The van der Waals surface area contributed by atoms with Crippen molar-refractivity contribution in [2.24, 2.45) is 13.0 Å². The second kappa shape index (κ2) is 8.08. The van der Waals surface area contributed by atoms with Crippen molar-refractivity contribution in [2.75, 3.05) is 19.6 Å². The summed E-state index contributed by atoms with van der Waals surface area (Å²) >= 11 is 0. The molecule has 1 fully saturated rings. The van der Waals surface area contributed by atoms with Crippen LogP contribution in [0.3, 0.4) is 0 Å².